The van der Waals surface area contributed by atoms with Crippen LogP contribution in [0.5, 0.6) is 5.75 Å². The van der Waals surface area contributed by atoms with E-state index in [-0.39, 0.29) is 11.9 Å². The summed E-state index contributed by atoms with van der Waals surface area (Å²) in [5.74, 6) is 0.681. The highest BCUT2D eigenvalue weighted by molar-refractivity contribution is 5.94. The maximum atomic E-state index is 12.6. The van der Waals surface area contributed by atoms with Gasteiger partial charge < -0.3 is 14.6 Å². The average molecular weight is 397 g/mol. The molecule has 0 aliphatic rings. The van der Waals surface area contributed by atoms with Crippen LogP contribution in [-0.4, -0.2) is 15.5 Å². The third-order valence-corrected chi connectivity index (χ3v) is 4.89. The number of hydrogen-bond donors (Lipinski definition) is 1. The van der Waals surface area contributed by atoms with E-state index in [4.69, 9.17) is 4.74 Å². The highest BCUT2D eigenvalue weighted by atomic mass is 16.5. The molecule has 0 aliphatic carbocycles. The van der Waals surface area contributed by atoms with Gasteiger partial charge in [-0.05, 0) is 67.1 Å². The Balaban J connectivity index is 1.33. The lowest BCUT2D eigenvalue weighted by molar-refractivity contribution is 0.0940. The zero-order valence-electron chi connectivity index (χ0n) is 16.7. The Morgan fingerprint density at radius 2 is 1.73 bits per heavy atom. The fourth-order valence-electron chi connectivity index (χ4n) is 3.16. The Hall–Kier alpha value is -3.86. The van der Waals surface area contributed by atoms with Crippen molar-refractivity contribution in [1.29, 1.82) is 0 Å². The number of carbonyl (C=O) groups excluding carboxylic acids is 1. The van der Waals surface area contributed by atoms with Gasteiger partial charge in [-0.25, -0.2) is 0 Å². The molecule has 2 aromatic carbocycles. The van der Waals surface area contributed by atoms with Crippen LogP contribution in [0.4, 0.5) is 0 Å². The summed E-state index contributed by atoms with van der Waals surface area (Å²) < 4.78 is 7.79. The van der Waals surface area contributed by atoms with E-state index in [1.54, 1.807) is 12.4 Å². The van der Waals surface area contributed by atoms with Crippen molar-refractivity contribution in [2.45, 2.75) is 19.6 Å². The Morgan fingerprint density at radius 1 is 1.00 bits per heavy atom. The summed E-state index contributed by atoms with van der Waals surface area (Å²) in [5.41, 5.74) is 3.69. The van der Waals surface area contributed by atoms with Crippen molar-refractivity contribution >= 4 is 5.91 Å². The number of nitrogens with one attached hydrogen (secondary N) is 1. The van der Waals surface area contributed by atoms with Crippen molar-refractivity contribution < 1.29 is 9.53 Å². The van der Waals surface area contributed by atoms with Crippen LogP contribution >= 0.6 is 0 Å². The first-order chi connectivity index (χ1) is 14.7. The summed E-state index contributed by atoms with van der Waals surface area (Å²) in [5, 5.41) is 3.05. The minimum atomic E-state index is -0.117. The molecule has 1 amide bonds. The smallest absolute Gasteiger partial charge is 0.251 e. The van der Waals surface area contributed by atoms with Crippen LogP contribution in [0.15, 0.2) is 97.6 Å². The molecule has 1 atom stereocenters. The van der Waals surface area contributed by atoms with Crippen LogP contribution in [0.3, 0.4) is 0 Å². The van der Waals surface area contributed by atoms with Gasteiger partial charge in [-0.15, -0.1) is 0 Å². The molecule has 5 nitrogen and oxygen atoms in total. The number of rotatable bonds is 7. The summed E-state index contributed by atoms with van der Waals surface area (Å²) in [6, 6.07) is 23.0. The Kier molecular flexibility index (Phi) is 5.90. The van der Waals surface area contributed by atoms with Crippen LogP contribution in [0.2, 0.25) is 0 Å². The number of ether oxygens (including phenoxy) is 1. The largest absolute Gasteiger partial charge is 0.489 e. The molecule has 2 heterocycles. The van der Waals surface area contributed by atoms with E-state index in [0.29, 0.717) is 12.2 Å². The van der Waals surface area contributed by atoms with E-state index < -0.39 is 0 Å². The number of pyridine rings is 1. The van der Waals surface area contributed by atoms with Gasteiger partial charge in [-0.3, -0.25) is 9.78 Å². The van der Waals surface area contributed by atoms with E-state index in [2.05, 4.69) is 10.3 Å². The molecule has 1 unspecified atom stereocenters. The number of nitrogens with zero attached hydrogens (tertiary/aromatic N) is 2. The number of benzene rings is 2. The zero-order chi connectivity index (χ0) is 20.8. The van der Waals surface area contributed by atoms with E-state index in [0.717, 1.165) is 22.6 Å². The molecule has 5 heteroatoms. The van der Waals surface area contributed by atoms with Crippen molar-refractivity contribution in [3.05, 3.63) is 114 Å². The van der Waals surface area contributed by atoms with Crippen molar-refractivity contribution in [1.82, 2.24) is 14.9 Å². The quantitative estimate of drug-likeness (QED) is 0.480. The summed E-state index contributed by atoms with van der Waals surface area (Å²) >= 11 is 0. The number of amides is 1. The predicted octanol–water partition coefficient (Wildman–Crippen LogP) is 4.94. The molecule has 150 valence electrons. The first-order valence-electron chi connectivity index (χ1n) is 9.85. The summed E-state index contributed by atoms with van der Waals surface area (Å²) in [6.07, 6.45) is 7.48. The molecular formula is C25H23N3O2. The van der Waals surface area contributed by atoms with Gasteiger partial charge in [-0.2, -0.15) is 0 Å². The first kappa shape index (κ1) is 19.5. The molecule has 4 rings (SSSR count). The molecular weight excluding hydrogens is 374 g/mol. The van der Waals surface area contributed by atoms with Crippen LogP contribution in [-0.2, 0) is 6.61 Å². The lowest BCUT2D eigenvalue weighted by atomic mass is 10.1. The normalized spacial score (nSPS) is 11.6. The van der Waals surface area contributed by atoms with Gasteiger partial charge in [0.05, 0.1) is 6.04 Å². The number of aromatic nitrogens is 2. The SMILES string of the molecule is CC(NC(=O)c1ccc(-n2cccc2)cc1)c1ccc(OCc2cccnc2)cc1. The fourth-order valence-corrected chi connectivity index (χ4v) is 3.16. The molecule has 1 N–H and O–H groups in total. The van der Waals surface area contributed by atoms with Gasteiger partial charge >= 0.3 is 0 Å². The molecule has 0 bridgehead atoms. The Morgan fingerprint density at radius 3 is 2.40 bits per heavy atom. The van der Waals surface area contributed by atoms with Crippen molar-refractivity contribution in [3.8, 4) is 11.4 Å². The monoisotopic (exact) mass is 397 g/mol. The van der Waals surface area contributed by atoms with Crippen molar-refractivity contribution in [2.75, 3.05) is 0 Å². The highest BCUT2D eigenvalue weighted by Crippen LogP contribution is 2.19. The van der Waals surface area contributed by atoms with E-state index in [1.807, 2.05) is 96.7 Å². The zero-order valence-corrected chi connectivity index (χ0v) is 16.7. The molecule has 0 aliphatic heterocycles. The van der Waals surface area contributed by atoms with E-state index >= 15 is 0 Å². The van der Waals surface area contributed by atoms with Crippen LogP contribution < -0.4 is 10.1 Å². The average Bonchev–Trinajstić information content (AvgIpc) is 3.34. The van der Waals surface area contributed by atoms with Gasteiger partial charge in [-0.1, -0.05) is 18.2 Å². The first-order valence-corrected chi connectivity index (χ1v) is 9.85. The van der Waals surface area contributed by atoms with E-state index in [9.17, 15) is 4.79 Å². The minimum absolute atomic E-state index is 0.0986. The van der Waals surface area contributed by atoms with Crippen molar-refractivity contribution in [3.63, 3.8) is 0 Å². The molecule has 0 radical (unpaired) electrons. The predicted molar refractivity (Wildman–Crippen MR) is 117 cm³/mol. The van der Waals surface area contributed by atoms with Crippen LogP contribution in [0, 0.1) is 0 Å². The van der Waals surface area contributed by atoms with Gasteiger partial charge in [0.15, 0.2) is 0 Å². The molecule has 0 saturated heterocycles. The van der Waals surface area contributed by atoms with Gasteiger partial charge in [0, 0.05) is 41.6 Å². The highest BCUT2D eigenvalue weighted by Gasteiger charge is 2.12. The maximum Gasteiger partial charge on any atom is 0.251 e. The van der Waals surface area contributed by atoms with Crippen LogP contribution in [0.25, 0.3) is 5.69 Å². The Bertz CT molecular complexity index is 1070. The van der Waals surface area contributed by atoms with Crippen LogP contribution in [0.1, 0.15) is 34.5 Å². The molecule has 30 heavy (non-hydrogen) atoms. The topological polar surface area (TPSA) is 56.2 Å². The van der Waals surface area contributed by atoms with Gasteiger partial charge in [0.25, 0.3) is 5.91 Å². The van der Waals surface area contributed by atoms with Gasteiger partial charge in [0.2, 0.25) is 0 Å². The lowest BCUT2D eigenvalue weighted by Gasteiger charge is -2.15. The van der Waals surface area contributed by atoms with Gasteiger partial charge in [0.1, 0.15) is 12.4 Å². The second-order valence-corrected chi connectivity index (χ2v) is 7.05. The number of hydrogen-bond acceptors (Lipinski definition) is 3. The summed E-state index contributed by atoms with van der Waals surface area (Å²) in [7, 11) is 0. The second kappa shape index (κ2) is 9.09. The standard InChI is InChI=1S/C25H23N3O2/c1-19(21-8-12-24(13-9-21)30-18-20-5-4-14-26-17-20)27-25(29)22-6-10-23(11-7-22)28-15-2-3-16-28/h2-17,19H,18H2,1H3,(H,27,29). The molecule has 0 saturated carbocycles. The number of carbonyl (C=O) groups is 1. The second-order valence-electron chi connectivity index (χ2n) is 7.05. The molecule has 0 fully saturated rings. The molecule has 2 aromatic heterocycles. The Labute approximate surface area is 176 Å². The van der Waals surface area contributed by atoms with Crippen molar-refractivity contribution in [2.24, 2.45) is 0 Å². The molecule has 4 aromatic rings. The summed E-state index contributed by atoms with van der Waals surface area (Å²) in [4.78, 5) is 16.7. The van der Waals surface area contributed by atoms with E-state index in [1.165, 1.54) is 0 Å². The summed E-state index contributed by atoms with van der Waals surface area (Å²) in [6.45, 7) is 2.44. The fraction of sp³-hybridized carbons (Fsp3) is 0.120. The third-order valence-electron chi connectivity index (χ3n) is 4.89. The third kappa shape index (κ3) is 4.75. The molecule has 0 spiro atoms. The maximum absolute atomic E-state index is 12.6. The minimum Gasteiger partial charge on any atom is -0.489 e. The lowest BCUT2D eigenvalue weighted by Crippen LogP contribution is -2.26.